The zero-order chi connectivity index (χ0) is 18.4. The Balaban J connectivity index is 0.00000261. The van der Waals surface area contributed by atoms with Crippen molar-refractivity contribution < 1.29 is 9.32 Å². The van der Waals surface area contributed by atoms with Crippen LogP contribution in [0.5, 0.6) is 0 Å². The van der Waals surface area contributed by atoms with Gasteiger partial charge in [-0.15, -0.1) is 12.4 Å². The fourth-order valence-corrected chi connectivity index (χ4v) is 3.11. The van der Waals surface area contributed by atoms with E-state index in [2.05, 4.69) is 27.3 Å². The average molecular weight is 394 g/mol. The summed E-state index contributed by atoms with van der Waals surface area (Å²) in [5.74, 6) is 1.52. The van der Waals surface area contributed by atoms with Gasteiger partial charge in [-0.2, -0.15) is 4.98 Å². The molecule has 2 aromatic rings. The highest BCUT2D eigenvalue weighted by Crippen LogP contribution is 2.17. The summed E-state index contributed by atoms with van der Waals surface area (Å²) in [6, 6.07) is 8.12. The number of carbonyl (C=O) groups is 1. The number of nitrogens with zero attached hydrogens (tertiary/aromatic N) is 4. The first-order valence-corrected chi connectivity index (χ1v) is 9.20. The van der Waals surface area contributed by atoms with E-state index in [9.17, 15) is 4.79 Å². The van der Waals surface area contributed by atoms with Gasteiger partial charge in [0, 0.05) is 38.2 Å². The number of benzene rings is 1. The van der Waals surface area contributed by atoms with E-state index in [1.165, 1.54) is 5.56 Å². The Morgan fingerprint density at radius 1 is 1.19 bits per heavy atom. The van der Waals surface area contributed by atoms with Crippen LogP contribution >= 0.6 is 12.4 Å². The van der Waals surface area contributed by atoms with Crippen molar-refractivity contribution in [2.75, 3.05) is 46.3 Å². The summed E-state index contributed by atoms with van der Waals surface area (Å²) < 4.78 is 5.37. The van der Waals surface area contributed by atoms with Crippen molar-refractivity contribution in [3.8, 4) is 11.4 Å². The van der Waals surface area contributed by atoms with Crippen molar-refractivity contribution in [3.63, 3.8) is 0 Å². The van der Waals surface area contributed by atoms with Crippen LogP contribution in [0.3, 0.4) is 0 Å². The molecule has 0 radical (unpaired) electrons. The van der Waals surface area contributed by atoms with Gasteiger partial charge in [-0.05, 0) is 26.9 Å². The Hall–Kier alpha value is -1.96. The highest BCUT2D eigenvalue weighted by Gasteiger charge is 2.20. The fourth-order valence-electron chi connectivity index (χ4n) is 3.11. The van der Waals surface area contributed by atoms with Crippen LogP contribution in [0.15, 0.2) is 28.8 Å². The number of carbonyl (C=O) groups excluding carboxylic acids is 1. The van der Waals surface area contributed by atoms with E-state index in [4.69, 9.17) is 4.52 Å². The Labute approximate surface area is 166 Å². The molecule has 7 nitrogen and oxygen atoms in total. The summed E-state index contributed by atoms with van der Waals surface area (Å²) in [7, 11) is 1.80. The molecule has 8 heteroatoms. The van der Waals surface area contributed by atoms with Gasteiger partial charge in [0.1, 0.15) is 0 Å². The first-order chi connectivity index (χ1) is 12.7. The first kappa shape index (κ1) is 21.3. The van der Waals surface area contributed by atoms with E-state index < -0.39 is 0 Å². The number of piperazine rings is 1. The molecule has 1 fully saturated rings. The molecule has 0 unspecified atom stereocenters. The highest BCUT2D eigenvalue weighted by atomic mass is 35.5. The number of aryl methyl sites for hydroxylation is 2. The fraction of sp³-hybridized carbons (Fsp3) is 0.526. The Kier molecular flexibility index (Phi) is 8.22. The van der Waals surface area contributed by atoms with Gasteiger partial charge in [0.2, 0.25) is 17.6 Å². The number of rotatable bonds is 7. The summed E-state index contributed by atoms with van der Waals surface area (Å²) in [4.78, 5) is 20.7. The van der Waals surface area contributed by atoms with Crippen molar-refractivity contribution in [3.05, 3.63) is 35.7 Å². The lowest BCUT2D eigenvalue weighted by Gasteiger charge is -2.34. The Bertz CT molecular complexity index is 711. The molecule has 148 valence electrons. The lowest BCUT2D eigenvalue weighted by Crippen LogP contribution is -2.50. The molecule has 0 aliphatic carbocycles. The minimum Gasteiger partial charge on any atom is -0.339 e. The Morgan fingerprint density at radius 3 is 2.56 bits per heavy atom. The van der Waals surface area contributed by atoms with Gasteiger partial charge < -0.3 is 14.7 Å². The molecule has 1 N–H and O–H groups in total. The number of likely N-dealkylation sites (N-methyl/N-ethyl adjacent to an activating group) is 1. The van der Waals surface area contributed by atoms with Crippen LogP contribution in [0, 0.1) is 6.92 Å². The topological polar surface area (TPSA) is 74.5 Å². The number of nitrogens with one attached hydrogen (secondary N) is 1. The second kappa shape index (κ2) is 10.4. The van der Waals surface area contributed by atoms with Crippen LogP contribution in [0.25, 0.3) is 11.4 Å². The SMILES string of the molecule is CNCC(=O)N1CCN(CCCc2nc(-c3ccc(C)cc3)no2)CC1.Cl. The normalized spacial score (nSPS) is 14.8. The summed E-state index contributed by atoms with van der Waals surface area (Å²) in [6.45, 7) is 6.91. The zero-order valence-corrected chi connectivity index (χ0v) is 16.8. The van der Waals surface area contributed by atoms with Gasteiger partial charge in [0.25, 0.3) is 0 Å². The van der Waals surface area contributed by atoms with E-state index in [1.54, 1.807) is 7.05 Å². The monoisotopic (exact) mass is 393 g/mol. The van der Waals surface area contributed by atoms with Crippen molar-refractivity contribution in [2.45, 2.75) is 19.8 Å². The standard InChI is InChI=1S/C19H27N5O2.ClH/c1-15-5-7-16(8-6-15)19-21-17(26-22-19)4-3-9-23-10-12-24(13-11-23)18(25)14-20-2;/h5-8,20H,3-4,9-14H2,1-2H3;1H. The van der Waals surface area contributed by atoms with Crippen molar-refractivity contribution >= 4 is 18.3 Å². The van der Waals surface area contributed by atoms with Crippen LogP contribution in [-0.4, -0.2) is 72.2 Å². The number of halogens is 1. The van der Waals surface area contributed by atoms with Gasteiger partial charge in [0.15, 0.2) is 0 Å². The van der Waals surface area contributed by atoms with Crippen LogP contribution in [0.4, 0.5) is 0 Å². The van der Waals surface area contributed by atoms with Gasteiger partial charge in [0.05, 0.1) is 6.54 Å². The predicted molar refractivity (Wildman–Crippen MR) is 107 cm³/mol. The average Bonchev–Trinajstić information content (AvgIpc) is 3.12. The minimum absolute atomic E-state index is 0. The Morgan fingerprint density at radius 2 is 1.89 bits per heavy atom. The number of amides is 1. The first-order valence-electron chi connectivity index (χ1n) is 9.20. The van der Waals surface area contributed by atoms with Crippen molar-refractivity contribution in [1.29, 1.82) is 0 Å². The summed E-state index contributed by atoms with van der Waals surface area (Å²) in [5.41, 5.74) is 2.19. The van der Waals surface area contributed by atoms with Gasteiger partial charge in [-0.25, -0.2) is 0 Å². The molecule has 2 heterocycles. The van der Waals surface area contributed by atoms with Crippen LogP contribution in [-0.2, 0) is 11.2 Å². The molecular formula is C19H28ClN5O2. The molecular weight excluding hydrogens is 366 g/mol. The van der Waals surface area contributed by atoms with Crippen LogP contribution in [0.2, 0.25) is 0 Å². The lowest BCUT2D eigenvalue weighted by molar-refractivity contribution is -0.131. The van der Waals surface area contributed by atoms with E-state index in [0.29, 0.717) is 18.3 Å². The van der Waals surface area contributed by atoms with Gasteiger partial charge in [-0.3, -0.25) is 9.69 Å². The third-order valence-electron chi connectivity index (χ3n) is 4.70. The molecule has 0 spiro atoms. The molecule has 0 saturated carbocycles. The zero-order valence-electron chi connectivity index (χ0n) is 16.0. The maximum atomic E-state index is 11.9. The third kappa shape index (κ3) is 6.02. The molecule has 1 aromatic heterocycles. The lowest BCUT2D eigenvalue weighted by atomic mass is 10.1. The predicted octanol–water partition coefficient (Wildman–Crippen LogP) is 1.76. The largest absolute Gasteiger partial charge is 0.339 e. The van der Waals surface area contributed by atoms with Crippen molar-refractivity contribution in [2.24, 2.45) is 0 Å². The third-order valence-corrected chi connectivity index (χ3v) is 4.70. The quantitative estimate of drug-likeness (QED) is 0.772. The van der Waals surface area contributed by atoms with Gasteiger partial charge >= 0.3 is 0 Å². The maximum Gasteiger partial charge on any atom is 0.236 e. The van der Waals surface area contributed by atoms with E-state index in [1.807, 2.05) is 29.2 Å². The van der Waals surface area contributed by atoms with E-state index in [-0.39, 0.29) is 18.3 Å². The molecule has 1 aliphatic heterocycles. The number of hydrogen-bond donors (Lipinski definition) is 1. The van der Waals surface area contributed by atoms with Crippen molar-refractivity contribution in [1.82, 2.24) is 25.3 Å². The number of aromatic nitrogens is 2. The molecule has 0 atom stereocenters. The second-order valence-corrected chi connectivity index (χ2v) is 6.73. The smallest absolute Gasteiger partial charge is 0.236 e. The molecule has 3 rings (SSSR count). The second-order valence-electron chi connectivity index (χ2n) is 6.73. The molecule has 27 heavy (non-hydrogen) atoms. The molecule has 1 aromatic carbocycles. The summed E-state index contributed by atoms with van der Waals surface area (Å²) in [6.07, 6.45) is 1.75. The van der Waals surface area contributed by atoms with E-state index >= 15 is 0 Å². The van der Waals surface area contributed by atoms with Gasteiger partial charge in [-0.1, -0.05) is 35.0 Å². The summed E-state index contributed by atoms with van der Waals surface area (Å²) in [5, 5.41) is 7.00. The number of hydrogen-bond acceptors (Lipinski definition) is 6. The van der Waals surface area contributed by atoms with E-state index in [0.717, 1.165) is 51.1 Å². The van der Waals surface area contributed by atoms with Crippen LogP contribution in [0.1, 0.15) is 17.9 Å². The molecule has 1 aliphatic rings. The molecule has 0 bridgehead atoms. The minimum atomic E-state index is 0. The maximum absolute atomic E-state index is 11.9. The summed E-state index contributed by atoms with van der Waals surface area (Å²) >= 11 is 0. The molecule has 1 amide bonds. The highest BCUT2D eigenvalue weighted by molar-refractivity contribution is 5.85. The molecule has 1 saturated heterocycles. The van der Waals surface area contributed by atoms with Crippen LogP contribution < -0.4 is 5.32 Å².